The highest BCUT2D eigenvalue weighted by atomic mass is 32.1. The van der Waals surface area contributed by atoms with E-state index in [1.54, 1.807) is 11.3 Å². The van der Waals surface area contributed by atoms with Crippen LogP contribution in [0.2, 0.25) is 0 Å². The minimum Gasteiger partial charge on any atom is -0.305 e. The first-order chi connectivity index (χ1) is 7.31. The zero-order valence-corrected chi connectivity index (χ0v) is 9.76. The smallest absolute Gasteiger partial charge is 0.0672 e. The monoisotopic (exact) mass is 220 g/mol. The van der Waals surface area contributed by atoms with Gasteiger partial charge in [-0.25, -0.2) is 0 Å². The first-order valence-corrected chi connectivity index (χ1v) is 6.38. The van der Waals surface area contributed by atoms with Crippen molar-refractivity contribution in [2.24, 2.45) is 5.92 Å². The third kappa shape index (κ3) is 2.39. The van der Waals surface area contributed by atoms with Crippen LogP contribution >= 0.6 is 11.3 Å². The molecule has 0 bridgehead atoms. The topological polar surface area (TPSA) is 35.8 Å². The SMILES string of the molecule is CC(NC1CCCC1C#N)c1cccs1. The van der Waals surface area contributed by atoms with Crippen molar-refractivity contribution in [2.45, 2.75) is 38.3 Å². The van der Waals surface area contributed by atoms with E-state index < -0.39 is 0 Å². The minimum atomic E-state index is 0.215. The van der Waals surface area contributed by atoms with Crippen LogP contribution in [0.5, 0.6) is 0 Å². The van der Waals surface area contributed by atoms with Crippen molar-refractivity contribution in [3.05, 3.63) is 22.4 Å². The van der Waals surface area contributed by atoms with E-state index in [1.165, 1.54) is 11.3 Å². The first kappa shape index (κ1) is 10.7. The molecule has 2 rings (SSSR count). The van der Waals surface area contributed by atoms with Gasteiger partial charge in [-0.2, -0.15) is 5.26 Å². The number of nitrogens with one attached hydrogen (secondary N) is 1. The lowest BCUT2D eigenvalue weighted by atomic mass is 10.0. The van der Waals surface area contributed by atoms with Crippen molar-refractivity contribution in [2.75, 3.05) is 0 Å². The Hall–Kier alpha value is -0.850. The highest BCUT2D eigenvalue weighted by molar-refractivity contribution is 7.10. The molecule has 15 heavy (non-hydrogen) atoms. The fourth-order valence-electron chi connectivity index (χ4n) is 2.25. The molecule has 3 unspecified atom stereocenters. The maximum absolute atomic E-state index is 8.99. The molecule has 1 saturated carbocycles. The first-order valence-electron chi connectivity index (χ1n) is 5.50. The van der Waals surface area contributed by atoms with Gasteiger partial charge in [0.05, 0.1) is 12.0 Å². The molecule has 0 aliphatic heterocycles. The predicted molar refractivity (Wildman–Crippen MR) is 62.6 cm³/mol. The third-order valence-corrected chi connectivity index (χ3v) is 4.17. The van der Waals surface area contributed by atoms with Gasteiger partial charge in [0, 0.05) is 17.0 Å². The summed E-state index contributed by atoms with van der Waals surface area (Å²) in [5.41, 5.74) is 0. The molecule has 2 nitrogen and oxygen atoms in total. The highest BCUT2D eigenvalue weighted by Gasteiger charge is 2.28. The van der Waals surface area contributed by atoms with Crippen LogP contribution in [0.15, 0.2) is 17.5 Å². The molecule has 0 amide bonds. The van der Waals surface area contributed by atoms with Crippen LogP contribution in [0.3, 0.4) is 0 Å². The van der Waals surface area contributed by atoms with Gasteiger partial charge in [0.1, 0.15) is 0 Å². The molecule has 0 radical (unpaired) electrons. The number of thiophene rings is 1. The predicted octanol–water partition coefficient (Wildman–Crippen LogP) is 3.09. The summed E-state index contributed by atoms with van der Waals surface area (Å²) in [5, 5.41) is 14.7. The van der Waals surface area contributed by atoms with E-state index in [-0.39, 0.29) is 5.92 Å². The van der Waals surface area contributed by atoms with Crippen LogP contribution in [-0.4, -0.2) is 6.04 Å². The van der Waals surface area contributed by atoms with Crippen molar-refractivity contribution in [1.29, 1.82) is 5.26 Å². The van der Waals surface area contributed by atoms with E-state index in [0.29, 0.717) is 12.1 Å². The fraction of sp³-hybridized carbons (Fsp3) is 0.583. The van der Waals surface area contributed by atoms with Gasteiger partial charge in [0.2, 0.25) is 0 Å². The molecular weight excluding hydrogens is 204 g/mol. The molecule has 80 valence electrons. The average Bonchev–Trinajstić information content (AvgIpc) is 2.87. The maximum atomic E-state index is 8.99. The second-order valence-electron chi connectivity index (χ2n) is 4.18. The van der Waals surface area contributed by atoms with Gasteiger partial charge in [0.25, 0.3) is 0 Å². The van der Waals surface area contributed by atoms with E-state index in [9.17, 15) is 0 Å². The lowest BCUT2D eigenvalue weighted by Gasteiger charge is -2.20. The molecule has 1 aromatic heterocycles. The van der Waals surface area contributed by atoms with Crippen molar-refractivity contribution < 1.29 is 0 Å². The second kappa shape index (κ2) is 4.78. The Morgan fingerprint density at radius 3 is 3.13 bits per heavy atom. The highest BCUT2D eigenvalue weighted by Crippen LogP contribution is 2.28. The second-order valence-corrected chi connectivity index (χ2v) is 5.16. The van der Waals surface area contributed by atoms with E-state index in [0.717, 1.165) is 12.8 Å². The Balaban J connectivity index is 1.94. The number of hydrogen-bond donors (Lipinski definition) is 1. The molecule has 1 aliphatic carbocycles. The molecule has 3 heteroatoms. The zero-order chi connectivity index (χ0) is 10.7. The lowest BCUT2D eigenvalue weighted by Crippen LogP contribution is -2.33. The van der Waals surface area contributed by atoms with Gasteiger partial charge in [-0.3, -0.25) is 0 Å². The molecule has 1 aromatic rings. The number of rotatable bonds is 3. The zero-order valence-electron chi connectivity index (χ0n) is 8.94. The van der Waals surface area contributed by atoms with Gasteiger partial charge in [0.15, 0.2) is 0 Å². The summed E-state index contributed by atoms with van der Waals surface area (Å²) >= 11 is 1.78. The Bertz CT molecular complexity index is 339. The van der Waals surface area contributed by atoms with Gasteiger partial charge in [-0.15, -0.1) is 11.3 Å². The van der Waals surface area contributed by atoms with Crippen LogP contribution in [0.1, 0.15) is 37.1 Å². The van der Waals surface area contributed by atoms with E-state index >= 15 is 0 Å². The van der Waals surface area contributed by atoms with Crippen molar-refractivity contribution in [3.8, 4) is 6.07 Å². The van der Waals surface area contributed by atoms with Crippen LogP contribution in [0, 0.1) is 17.2 Å². The number of hydrogen-bond acceptors (Lipinski definition) is 3. The third-order valence-electron chi connectivity index (χ3n) is 3.12. The molecule has 0 aromatic carbocycles. The fourth-order valence-corrected chi connectivity index (χ4v) is 3.00. The molecule has 0 spiro atoms. The molecule has 1 aliphatic rings. The Labute approximate surface area is 94.9 Å². The van der Waals surface area contributed by atoms with E-state index in [1.807, 2.05) is 0 Å². The molecule has 1 N–H and O–H groups in total. The van der Waals surface area contributed by atoms with Gasteiger partial charge < -0.3 is 5.32 Å². The summed E-state index contributed by atoms with van der Waals surface area (Å²) in [5.74, 6) is 0.215. The Morgan fingerprint density at radius 2 is 2.47 bits per heavy atom. The van der Waals surface area contributed by atoms with Crippen LogP contribution < -0.4 is 5.32 Å². The number of nitriles is 1. The maximum Gasteiger partial charge on any atom is 0.0672 e. The molecule has 1 heterocycles. The summed E-state index contributed by atoms with van der Waals surface area (Å²) in [6, 6.07) is 7.41. The van der Waals surface area contributed by atoms with Crippen LogP contribution in [-0.2, 0) is 0 Å². The Morgan fingerprint density at radius 1 is 1.60 bits per heavy atom. The summed E-state index contributed by atoms with van der Waals surface area (Å²) < 4.78 is 0. The van der Waals surface area contributed by atoms with Crippen LogP contribution in [0.4, 0.5) is 0 Å². The molecular formula is C12H16N2S. The quantitative estimate of drug-likeness (QED) is 0.849. The van der Waals surface area contributed by atoms with Gasteiger partial charge >= 0.3 is 0 Å². The Kier molecular flexibility index (Phi) is 3.40. The van der Waals surface area contributed by atoms with Crippen molar-refractivity contribution in [1.82, 2.24) is 5.32 Å². The summed E-state index contributed by atoms with van der Waals surface area (Å²) in [7, 11) is 0. The molecule has 0 saturated heterocycles. The van der Waals surface area contributed by atoms with Crippen molar-refractivity contribution >= 4 is 11.3 Å². The minimum absolute atomic E-state index is 0.215. The summed E-state index contributed by atoms with van der Waals surface area (Å²) in [6.07, 6.45) is 3.40. The standard InChI is InChI=1S/C12H16N2S/c1-9(12-6-3-7-15-12)14-11-5-2-4-10(11)8-13/h3,6-7,9-11,14H,2,4-5H2,1H3. The van der Waals surface area contributed by atoms with Gasteiger partial charge in [-0.05, 0) is 31.2 Å². The summed E-state index contributed by atoms with van der Waals surface area (Å²) in [4.78, 5) is 1.36. The largest absolute Gasteiger partial charge is 0.305 e. The lowest BCUT2D eigenvalue weighted by molar-refractivity contribution is 0.421. The normalized spacial score (nSPS) is 27.5. The average molecular weight is 220 g/mol. The van der Waals surface area contributed by atoms with E-state index in [2.05, 4.69) is 35.8 Å². The summed E-state index contributed by atoms with van der Waals surface area (Å²) in [6.45, 7) is 2.18. The van der Waals surface area contributed by atoms with Crippen molar-refractivity contribution in [3.63, 3.8) is 0 Å². The van der Waals surface area contributed by atoms with E-state index in [4.69, 9.17) is 5.26 Å². The van der Waals surface area contributed by atoms with Crippen LogP contribution in [0.25, 0.3) is 0 Å². The molecule has 1 fully saturated rings. The van der Waals surface area contributed by atoms with Gasteiger partial charge in [-0.1, -0.05) is 12.5 Å². The molecule has 3 atom stereocenters. The number of nitrogens with zero attached hydrogens (tertiary/aromatic N) is 1.